The van der Waals surface area contributed by atoms with E-state index >= 15 is 0 Å². The van der Waals surface area contributed by atoms with Gasteiger partial charge >= 0.3 is 0 Å². The number of halogens is 1. The lowest BCUT2D eigenvalue weighted by Crippen LogP contribution is -2.46. The molecule has 1 aliphatic rings. The van der Waals surface area contributed by atoms with Crippen LogP contribution in [0.5, 0.6) is 0 Å². The lowest BCUT2D eigenvalue weighted by molar-refractivity contribution is -0.00526. The van der Waals surface area contributed by atoms with Crippen LogP contribution in [0.4, 0.5) is 5.69 Å². The standard InChI is InChI=1S/C13H19BrN2O/c1-9-7-16(8-10(2)17-9)13-5-3-4-12(14)11(13)6-15/h3-5,9-10H,6-8,15H2,1-2H3. The van der Waals surface area contributed by atoms with Crippen molar-refractivity contribution in [3.8, 4) is 0 Å². The molecule has 0 saturated carbocycles. The topological polar surface area (TPSA) is 38.5 Å². The minimum atomic E-state index is 0.267. The average Bonchev–Trinajstić information content (AvgIpc) is 2.27. The van der Waals surface area contributed by atoms with Crippen molar-refractivity contribution >= 4 is 21.6 Å². The van der Waals surface area contributed by atoms with Gasteiger partial charge < -0.3 is 15.4 Å². The van der Waals surface area contributed by atoms with Crippen LogP contribution in [0.1, 0.15) is 19.4 Å². The van der Waals surface area contributed by atoms with Crippen LogP contribution >= 0.6 is 15.9 Å². The van der Waals surface area contributed by atoms with Crippen molar-refractivity contribution in [2.75, 3.05) is 18.0 Å². The summed E-state index contributed by atoms with van der Waals surface area (Å²) in [6, 6.07) is 6.24. The zero-order valence-corrected chi connectivity index (χ0v) is 11.9. The van der Waals surface area contributed by atoms with Crippen molar-refractivity contribution in [3.63, 3.8) is 0 Å². The summed E-state index contributed by atoms with van der Waals surface area (Å²) >= 11 is 3.57. The van der Waals surface area contributed by atoms with Gasteiger partial charge in [-0.3, -0.25) is 0 Å². The van der Waals surface area contributed by atoms with Gasteiger partial charge in [-0.25, -0.2) is 0 Å². The fourth-order valence-electron chi connectivity index (χ4n) is 2.42. The lowest BCUT2D eigenvalue weighted by atomic mass is 10.1. The Bertz CT molecular complexity index is 387. The number of morpholine rings is 1. The number of nitrogens with two attached hydrogens (primary N) is 1. The van der Waals surface area contributed by atoms with Gasteiger partial charge in [0, 0.05) is 35.4 Å². The number of anilines is 1. The maximum atomic E-state index is 5.84. The van der Waals surface area contributed by atoms with Crippen LogP contribution in [0.3, 0.4) is 0 Å². The van der Waals surface area contributed by atoms with E-state index in [1.807, 2.05) is 6.07 Å². The van der Waals surface area contributed by atoms with Crippen molar-refractivity contribution in [1.82, 2.24) is 0 Å². The van der Waals surface area contributed by atoms with E-state index < -0.39 is 0 Å². The van der Waals surface area contributed by atoms with Gasteiger partial charge in [-0.1, -0.05) is 22.0 Å². The highest BCUT2D eigenvalue weighted by molar-refractivity contribution is 9.10. The molecule has 1 aromatic carbocycles. The summed E-state index contributed by atoms with van der Waals surface area (Å²) in [4.78, 5) is 2.37. The molecule has 0 bridgehead atoms. The highest BCUT2D eigenvalue weighted by Crippen LogP contribution is 2.29. The van der Waals surface area contributed by atoms with E-state index in [4.69, 9.17) is 10.5 Å². The Labute approximate surface area is 111 Å². The molecule has 0 spiro atoms. The first-order valence-corrected chi connectivity index (χ1v) is 6.79. The normalized spacial score (nSPS) is 25.1. The number of nitrogens with zero attached hydrogens (tertiary/aromatic N) is 1. The lowest BCUT2D eigenvalue weighted by Gasteiger charge is -2.38. The summed E-state index contributed by atoms with van der Waals surface area (Å²) in [5.74, 6) is 0. The van der Waals surface area contributed by atoms with Gasteiger partial charge in [0.2, 0.25) is 0 Å². The predicted molar refractivity (Wildman–Crippen MR) is 74.3 cm³/mol. The second-order valence-electron chi connectivity index (χ2n) is 4.60. The molecule has 2 rings (SSSR count). The summed E-state index contributed by atoms with van der Waals surface area (Å²) in [6.45, 7) is 6.63. The van der Waals surface area contributed by atoms with Gasteiger partial charge in [-0.05, 0) is 26.0 Å². The minimum Gasteiger partial charge on any atom is -0.372 e. The molecular formula is C13H19BrN2O. The largest absolute Gasteiger partial charge is 0.372 e. The summed E-state index contributed by atoms with van der Waals surface area (Å²) in [6.07, 6.45) is 0.534. The highest BCUT2D eigenvalue weighted by Gasteiger charge is 2.24. The van der Waals surface area contributed by atoms with E-state index in [1.54, 1.807) is 0 Å². The van der Waals surface area contributed by atoms with E-state index in [2.05, 4.69) is 46.8 Å². The van der Waals surface area contributed by atoms with E-state index in [0.717, 1.165) is 17.6 Å². The molecule has 94 valence electrons. The molecule has 2 N–H and O–H groups in total. The number of hydrogen-bond donors (Lipinski definition) is 1. The average molecular weight is 299 g/mol. The first-order valence-electron chi connectivity index (χ1n) is 5.99. The molecule has 2 unspecified atom stereocenters. The third-order valence-corrected chi connectivity index (χ3v) is 3.80. The van der Waals surface area contributed by atoms with Crippen LogP contribution in [0, 0.1) is 0 Å². The van der Waals surface area contributed by atoms with Crippen LogP contribution < -0.4 is 10.6 Å². The highest BCUT2D eigenvalue weighted by atomic mass is 79.9. The van der Waals surface area contributed by atoms with E-state index in [-0.39, 0.29) is 12.2 Å². The zero-order valence-electron chi connectivity index (χ0n) is 10.3. The Morgan fingerprint density at radius 2 is 2.00 bits per heavy atom. The molecule has 0 aromatic heterocycles. The van der Waals surface area contributed by atoms with Crippen LogP contribution in [-0.2, 0) is 11.3 Å². The van der Waals surface area contributed by atoms with Gasteiger partial charge in [-0.15, -0.1) is 0 Å². The molecule has 1 fully saturated rings. The first-order chi connectivity index (χ1) is 8.11. The molecule has 0 radical (unpaired) electrons. The first kappa shape index (κ1) is 12.9. The molecule has 1 heterocycles. The number of ether oxygens (including phenoxy) is 1. The number of benzene rings is 1. The smallest absolute Gasteiger partial charge is 0.0726 e. The van der Waals surface area contributed by atoms with Crippen molar-refractivity contribution in [3.05, 3.63) is 28.2 Å². The van der Waals surface area contributed by atoms with Gasteiger partial charge in [-0.2, -0.15) is 0 Å². The third-order valence-electron chi connectivity index (χ3n) is 3.06. The Morgan fingerprint density at radius 1 is 1.35 bits per heavy atom. The van der Waals surface area contributed by atoms with Gasteiger partial charge in [0.05, 0.1) is 12.2 Å². The summed E-state index contributed by atoms with van der Waals surface area (Å²) < 4.78 is 6.84. The van der Waals surface area contributed by atoms with Crippen LogP contribution in [0.25, 0.3) is 0 Å². The molecule has 1 aliphatic heterocycles. The molecule has 1 saturated heterocycles. The SMILES string of the molecule is CC1CN(c2cccc(Br)c2CN)CC(C)O1. The Balaban J connectivity index is 2.30. The van der Waals surface area contributed by atoms with Gasteiger partial charge in [0.15, 0.2) is 0 Å². The second-order valence-corrected chi connectivity index (χ2v) is 5.46. The van der Waals surface area contributed by atoms with Crippen molar-refractivity contribution in [2.45, 2.75) is 32.6 Å². The van der Waals surface area contributed by atoms with E-state index in [0.29, 0.717) is 6.54 Å². The third kappa shape index (κ3) is 2.81. The zero-order chi connectivity index (χ0) is 12.4. The molecule has 1 aromatic rings. The van der Waals surface area contributed by atoms with Gasteiger partial charge in [0.1, 0.15) is 0 Å². The molecule has 4 heteroatoms. The molecule has 3 nitrogen and oxygen atoms in total. The Morgan fingerprint density at radius 3 is 2.59 bits per heavy atom. The number of rotatable bonds is 2. The molecule has 2 atom stereocenters. The summed E-state index contributed by atoms with van der Waals surface area (Å²) in [7, 11) is 0. The van der Waals surface area contributed by atoms with Gasteiger partial charge in [0.25, 0.3) is 0 Å². The molecule has 17 heavy (non-hydrogen) atoms. The van der Waals surface area contributed by atoms with E-state index in [1.165, 1.54) is 11.3 Å². The number of hydrogen-bond acceptors (Lipinski definition) is 3. The predicted octanol–water partition coefficient (Wildman–Crippen LogP) is 2.52. The Hall–Kier alpha value is -0.580. The van der Waals surface area contributed by atoms with Crippen molar-refractivity contribution < 1.29 is 4.74 Å². The van der Waals surface area contributed by atoms with Crippen LogP contribution in [0.2, 0.25) is 0 Å². The van der Waals surface area contributed by atoms with Crippen LogP contribution in [-0.4, -0.2) is 25.3 Å². The monoisotopic (exact) mass is 298 g/mol. The fourth-order valence-corrected chi connectivity index (χ4v) is 2.94. The molecule has 0 amide bonds. The second kappa shape index (κ2) is 5.38. The molecular weight excluding hydrogens is 280 g/mol. The summed E-state index contributed by atoms with van der Waals surface area (Å²) in [5.41, 5.74) is 8.24. The Kier molecular flexibility index (Phi) is 4.07. The van der Waals surface area contributed by atoms with Crippen molar-refractivity contribution in [2.24, 2.45) is 5.73 Å². The van der Waals surface area contributed by atoms with Crippen LogP contribution in [0.15, 0.2) is 22.7 Å². The quantitative estimate of drug-likeness (QED) is 0.912. The fraction of sp³-hybridized carbons (Fsp3) is 0.538. The maximum Gasteiger partial charge on any atom is 0.0726 e. The maximum absolute atomic E-state index is 5.84. The summed E-state index contributed by atoms with van der Waals surface area (Å²) in [5, 5.41) is 0. The van der Waals surface area contributed by atoms with Crippen molar-refractivity contribution in [1.29, 1.82) is 0 Å². The molecule has 0 aliphatic carbocycles. The van der Waals surface area contributed by atoms with E-state index in [9.17, 15) is 0 Å². The minimum absolute atomic E-state index is 0.267.